The molecule has 0 aromatic heterocycles. The summed E-state index contributed by atoms with van der Waals surface area (Å²) in [5, 5.41) is 20.6. The van der Waals surface area contributed by atoms with Crippen molar-refractivity contribution in [3.63, 3.8) is 0 Å². The van der Waals surface area contributed by atoms with Crippen LogP contribution in [0.4, 0.5) is 9.18 Å². The van der Waals surface area contributed by atoms with Gasteiger partial charge in [0, 0.05) is 6.42 Å². The molecule has 0 bridgehead atoms. The van der Waals surface area contributed by atoms with Gasteiger partial charge < -0.3 is 20.1 Å². The fourth-order valence-corrected chi connectivity index (χ4v) is 5.50. The quantitative estimate of drug-likeness (QED) is 0.522. The van der Waals surface area contributed by atoms with Crippen molar-refractivity contribution >= 4 is 21.8 Å². The Morgan fingerprint density at radius 3 is 2.42 bits per heavy atom. The van der Waals surface area contributed by atoms with Crippen molar-refractivity contribution < 1.29 is 32.2 Å². The van der Waals surface area contributed by atoms with E-state index in [0.29, 0.717) is 17.9 Å². The number of nitrogens with one attached hydrogen (secondary N) is 1. The van der Waals surface area contributed by atoms with Crippen LogP contribution < -0.4 is 10.1 Å². The number of likely N-dealkylation sites (tertiary alicyclic amines) is 1. The molecule has 2 aromatic carbocycles. The van der Waals surface area contributed by atoms with Crippen molar-refractivity contribution in [1.29, 1.82) is 5.26 Å². The van der Waals surface area contributed by atoms with Crippen LogP contribution in [0.2, 0.25) is 0 Å². The number of carboxylic acid groups (broad SMARTS) is 1. The molecule has 0 aliphatic carbocycles. The third kappa shape index (κ3) is 6.12. The molecule has 1 fully saturated rings. The molecule has 2 aromatic rings. The number of nitrogens with zero attached hydrogens (tertiary/aromatic N) is 2. The highest BCUT2D eigenvalue weighted by Crippen LogP contribution is 2.30. The van der Waals surface area contributed by atoms with Crippen molar-refractivity contribution in [3.8, 4) is 11.8 Å². The van der Waals surface area contributed by atoms with Gasteiger partial charge in [0.2, 0.25) is 5.91 Å². The summed E-state index contributed by atoms with van der Waals surface area (Å²) in [6, 6.07) is 14.9. The average Bonchev–Trinajstić information content (AvgIpc) is 3.22. The highest BCUT2D eigenvalue weighted by atomic mass is 32.2. The highest BCUT2D eigenvalue weighted by molar-refractivity contribution is 7.92. The molecular weight excluding hydrogens is 489 g/mol. The number of carbonyl (C=O) groups excluding carboxylic acids is 1. The molecule has 1 heterocycles. The SMILES string of the molecule is CC(C)([C@H](NC(=O)O)C(=O)N1C[C@@H](F)C[C@H]1C#N)S(=O)(=O)Cc1ccc(OCc2ccccc2)cc1. The first-order valence-corrected chi connectivity index (χ1v) is 12.9. The van der Waals surface area contributed by atoms with E-state index in [-0.39, 0.29) is 6.42 Å². The summed E-state index contributed by atoms with van der Waals surface area (Å²) in [4.78, 5) is 25.5. The van der Waals surface area contributed by atoms with Gasteiger partial charge in [-0.2, -0.15) is 5.26 Å². The normalized spacial score (nSPS) is 18.8. The molecular formula is C25H28FN3O6S. The van der Waals surface area contributed by atoms with Crippen LogP contribution in [0.5, 0.6) is 5.75 Å². The Kier molecular flexibility index (Phi) is 8.20. The van der Waals surface area contributed by atoms with E-state index in [2.05, 4.69) is 0 Å². The van der Waals surface area contributed by atoms with Gasteiger partial charge >= 0.3 is 6.09 Å². The van der Waals surface area contributed by atoms with Gasteiger partial charge in [-0.25, -0.2) is 17.6 Å². The first kappa shape index (κ1) is 26.9. The summed E-state index contributed by atoms with van der Waals surface area (Å²) < 4.78 is 44.5. The topological polar surface area (TPSA) is 137 Å². The van der Waals surface area contributed by atoms with Gasteiger partial charge in [-0.05, 0) is 37.1 Å². The van der Waals surface area contributed by atoms with Gasteiger partial charge in [-0.15, -0.1) is 0 Å². The lowest BCUT2D eigenvalue weighted by Crippen LogP contribution is -2.61. The van der Waals surface area contributed by atoms with E-state index in [4.69, 9.17) is 4.74 Å². The maximum absolute atomic E-state index is 13.9. The number of alkyl halides is 1. The van der Waals surface area contributed by atoms with Crippen LogP contribution >= 0.6 is 0 Å². The van der Waals surface area contributed by atoms with Crippen molar-refractivity contribution in [2.75, 3.05) is 6.54 Å². The lowest BCUT2D eigenvalue weighted by Gasteiger charge is -2.35. The summed E-state index contributed by atoms with van der Waals surface area (Å²) in [6.07, 6.45) is -3.28. The first-order valence-electron chi connectivity index (χ1n) is 11.3. The zero-order valence-electron chi connectivity index (χ0n) is 19.9. The van der Waals surface area contributed by atoms with Crippen molar-refractivity contribution in [1.82, 2.24) is 10.2 Å². The van der Waals surface area contributed by atoms with Crippen molar-refractivity contribution in [2.45, 2.75) is 55.6 Å². The number of benzene rings is 2. The molecule has 3 rings (SSSR count). The Morgan fingerprint density at radius 2 is 1.83 bits per heavy atom. The largest absolute Gasteiger partial charge is 0.489 e. The molecule has 9 nitrogen and oxygen atoms in total. The Morgan fingerprint density at radius 1 is 1.19 bits per heavy atom. The zero-order valence-corrected chi connectivity index (χ0v) is 20.7. The van der Waals surface area contributed by atoms with E-state index in [1.165, 1.54) is 13.8 Å². The lowest BCUT2D eigenvalue weighted by atomic mass is 10.0. The number of nitriles is 1. The summed E-state index contributed by atoms with van der Waals surface area (Å²) >= 11 is 0. The van der Waals surface area contributed by atoms with E-state index in [9.17, 15) is 32.8 Å². The van der Waals surface area contributed by atoms with Crippen LogP contribution in [0.25, 0.3) is 0 Å². The van der Waals surface area contributed by atoms with Crippen molar-refractivity contribution in [2.24, 2.45) is 0 Å². The molecule has 1 aliphatic rings. The number of hydrogen-bond donors (Lipinski definition) is 2. The minimum absolute atomic E-state index is 0.214. The van der Waals surface area contributed by atoms with Gasteiger partial charge in [0.1, 0.15) is 30.6 Å². The molecule has 11 heteroatoms. The molecule has 2 N–H and O–H groups in total. The van der Waals surface area contributed by atoms with Crippen LogP contribution in [-0.2, 0) is 27.0 Å². The predicted molar refractivity (Wildman–Crippen MR) is 129 cm³/mol. The van der Waals surface area contributed by atoms with Crippen LogP contribution in [0.3, 0.4) is 0 Å². The third-order valence-electron chi connectivity index (χ3n) is 6.22. The number of ether oxygens (including phenoxy) is 1. The fraction of sp³-hybridized carbons (Fsp3) is 0.400. The van der Waals surface area contributed by atoms with Gasteiger partial charge in [-0.3, -0.25) is 4.79 Å². The van der Waals surface area contributed by atoms with Crippen molar-refractivity contribution in [3.05, 3.63) is 65.7 Å². The van der Waals surface area contributed by atoms with Crippen LogP contribution in [0.15, 0.2) is 54.6 Å². The maximum Gasteiger partial charge on any atom is 0.405 e. The van der Waals surface area contributed by atoms with Crippen LogP contribution in [0, 0.1) is 11.3 Å². The number of carbonyl (C=O) groups is 2. The molecule has 0 radical (unpaired) electrons. The molecule has 1 aliphatic heterocycles. The van der Waals surface area contributed by atoms with Gasteiger partial charge in [0.25, 0.3) is 0 Å². The minimum Gasteiger partial charge on any atom is -0.489 e. The summed E-state index contributed by atoms with van der Waals surface area (Å²) in [5.74, 6) is -0.892. The monoisotopic (exact) mass is 517 g/mol. The van der Waals surface area contributed by atoms with E-state index in [0.717, 1.165) is 10.5 Å². The standard InChI is InChI=1S/C25H28FN3O6S/c1-25(2,22(28-24(31)32)23(30)29-14-19(26)12-20(29)13-27)36(33,34)16-18-8-10-21(11-9-18)35-15-17-6-4-3-5-7-17/h3-11,19-20,22,28H,12,14-16H2,1-2H3,(H,31,32)/t19-,20-,22+/m0/s1. The molecule has 3 atom stereocenters. The highest BCUT2D eigenvalue weighted by Gasteiger charge is 2.50. The third-order valence-corrected chi connectivity index (χ3v) is 8.77. The average molecular weight is 518 g/mol. The van der Waals surface area contributed by atoms with Crippen LogP contribution in [0.1, 0.15) is 31.4 Å². The molecule has 2 amide bonds. The number of rotatable bonds is 9. The molecule has 192 valence electrons. The van der Waals surface area contributed by atoms with Gasteiger partial charge in [0.05, 0.1) is 23.1 Å². The second-order valence-corrected chi connectivity index (χ2v) is 11.7. The second-order valence-electron chi connectivity index (χ2n) is 9.13. The number of sulfone groups is 1. The minimum atomic E-state index is -4.13. The number of amides is 2. The smallest absolute Gasteiger partial charge is 0.405 e. The van der Waals surface area contributed by atoms with E-state index < -0.39 is 57.1 Å². The molecule has 36 heavy (non-hydrogen) atoms. The molecule has 1 saturated heterocycles. The zero-order chi connectivity index (χ0) is 26.5. The fourth-order valence-electron chi connectivity index (χ4n) is 3.98. The Labute approximate surface area is 209 Å². The second kappa shape index (κ2) is 11.0. The molecule has 0 unspecified atom stereocenters. The summed E-state index contributed by atoms with van der Waals surface area (Å²) in [5.41, 5.74) is 1.39. The molecule has 0 saturated carbocycles. The van der Waals surface area contributed by atoms with Gasteiger partial charge in [0.15, 0.2) is 9.84 Å². The summed E-state index contributed by atoms with van der Waals surface area (Å²) in [6.45, 7) is 2.41. The van der Waals surface area contributed by atoms with Gasteiger partial charge in [-0.1, -0.05) is 42.5 Å². The first-order chi connectivity index (χ1) is 16.9. The Balaban J connectivity index is 1.77. The Hall–Kier alpha value is -3.65. The lowest BCUT2D eigenvalue weighted by molar-refractivity contribution is -0.134. The number of hydrogen-bond acceptors (Lipinski definition) is 6. The Bertz CT molecular complexity index is 1230. The number of halogens is 1. The summed E-state index contributed by atoms with van der Waals surface area (Å²) in [7, 11) is -4.13. The molecule has 0 spiro atoms. The van der Waals surface area contributed by atoms with E-state index in [1.807, 2.05) is 41.7 Å². The van der Waals surface area contributed by atoms with E-state index >= 15 is 0 Å². The van der Waals surface area contributed by atoms with Crippen LogP contribution in [-0.4, -0.2) is 60.0 Å². The van der Waals surface area contributed by atoms with E-state index in [1.54, 1.807) is 24.3 Å². The maximum atomic E-state index is 13.9. The predicted octanol–water partition coefficient (Wildman–Crippen LogP) is 3.06.